The Hall–Kier alpha value is -1.03. The van der Waals surface area contributed by atoms with Gasteiger partial charge in [-0.1, -0.05) is 23.7 Å². The Labute approximate surface area is 128 Å². The van der Waals surface area contributed by atoms with E-state index >= 15 is 0 Å². The summed E-state index contributed by atoms with van der Waals surface area (Å²) in [5, 5.41) is 4.08. The summed E-state index contributed by atoms with van der Waals surface area (Å²) < 4.78 is 12.8. The van der Waals surface area contributed by atoms with Crippen LogP contribution in [-0.4, -0.2) is 18.8 Å². The van der Waals surface area contributed by atoms with Crippen molar-refractivity contribution in [3.63, 3.8) is 0 Å². The van der Waals surface area contributed by atoms with Gasteiger partial charge in [-0.3, -0.25) is 0 Å². The maximum atomic E-state index is 12.8. The second kappa shape index (κ2) is 7.67. The molecule has 0 aromatic heterocycles. The summed E-state index contributed by atoms with van der Waals surface area (Å²) in [5.74, 6) is 0.729. The molecule has 2 aromatic rings. The molecule has 0 saturated carbocycles. The number of benzene rings is 2. The molecule has 0 amide bonds. The highest BCUT2D eigenvalue weighted by Gasteiger charge is 2.08. The third-order valence-corrected chi connectivity index (χ3v) is 4.45. The second-order valence-electron chi connectivity index (χ2n) is 4.58. The van der Waals surface area contributed by atoms with Gasteiger partial charge in [-0.05, 0) is 55.4 Å². The van der Waals surface area contributed by atoms with E-state index in [2.05, 4.69) is 11.4 Å². The van der Waals surface area contributed by atoms with E-state index < -0.39 is 0 Å². The molecule has 0 bridgehead atoms. The van der Waals surface area contributed by atoms with E-state index in [-0.39, 0.29) is 5.82 Å². The minimum absolute atomic E-state index is 0.196. The van der Waals surface area contributed by atoms with Gasteiger partial charge < -0.3 is 5.32 Å². The lowest BCUT2D eigenvalue weighted by Crippen LogP contribution is -2.30. The molecule has 0 aliphatic rings. The molecule has 0 heterocycles. The maximum Gasteiger partial charge on any atom is 0.123 e. The molecule has 0 saturated heterocycles. The van der Waals surface area contributed by atoms with Crippen LogP contribution in [0.2, 0.25) is 5.02 Å². The third-order valence-electron chi connectivity index (χ3n) is 3.04. The van der Waals surface area contributed by atoms with Gasteiger partial charge in [0.2, 0.25) is 0 Å². The van der Waals surface area contributed by atoms with Crippen LogP contribution in [0.4, 0.5) is 4.39 Å². The molecule has 4 heteroatoms. The van der Waals surface area contributed by atoms with Crippen LogP contribution in [0.1, 0.15) is 5.56 Å². The normalized spacial score (nSPS) is 12.3. The quantitative estimate of drug-likeness (QED) is 0.794. The topological polar surface area (TPSA) is 12.0 Å². The molecule has 1 atom stereocenters. The van der Waals surface area contributed by atoms with Gasteiger partial charge in [-0.25, -0.2) is 4.39 Å². The van der Waals surface area contributed by atoms with Crippen LogP contribution in [0, 0.1) is 5.82 Å². The van der Waals surface area contributed by atoms with Gasteiger partial charge in [-0.2, -0.15) is 0 Å². The number of nitrogens with one attached hydrogen (secondary N) is 1. The first-order valence-electron chi connectivity index (χ1n) is 6.47. The zero-order valence-corrected chi connectivity index (χ0v) is 12.8. The molecule has 1 N–H and O–H groups in total. The lowest BCUT2D eigenvalue weighted by atomic mass is 10.1. The van der Waals surface area contributed by atoms with Gasteiger partial charge in [0.1, 0.15) is 5.82 Å². The van der Waals surface area contributed by atoms with Crippen molar-refractivity contribution < 1.29 is 4.39 Å². The molecule has 2 aromatic carbocycles. The SMILES string of the molecule is CNC(CSc1ccc(F)cc1)Cc1cccc(Cl)c1. The summed E-state index contributed by atoms with van der Waals surface area (Å²) in [6.45, 7) is 0. The number of halogens is 2. The number of rotatable bonds is 6. The number of likely N-dealkylation sites (N-methyl/N-ethyl adjacent to an activating group) is 1. The van der Waals surface area contributed by atoms with Crippen molar-refractivity contribution in [2.24, 2.45) is 0 Å². The zero-order valence-electron chi connectivity index (χ0n) is 11.3. The maximum absolute atomic E-state index is 12.8. The van der Waals surface area contributed by atoms with E-state index in [0.717, 1.165) is 22.1 Å². The van der Waals surface area contributed by atoms with Crippen molar-refractivity contribution in [1.82, 2.24) is 5.32 Å². The summed E-state index contributed by atoms with van der Waals surface area (Å²) in [4.78, 5) is 1.08. The van der Waals surface area contributed by atoms with Gasteiger partial charge in [0.15, 0.2) is 0 Å². The molecule has 0 radical (unpaired) electrons. The van der Waals surface area contributed by atoms with Crippen LogP contribution >= 0.6 is 23.4 Å². The fourth-order valence-corrected chi connectivity index (χ4v) is 3.14. The van der Waals surface area contributed by atoms with Gasteiger partial charge in [0.25, 0.3) is 0 Å². The van der Waals surface area contributed by atoms with Crippen LogP contribution in [0.3, 0.4) is 0 Å². The van der Waals surface area contributed by atoms with Crippen molar-refractivity contribution in [2.45, 2.75) is 17.4 Å². The van der Waals surface area contributed by atoms with E-state index in [0.29, 0.717) is 6.04 Å². The van der Waals surface area contributed by atoms with E-state index in [1.165, 1.54) is 17.7 Å². The largest absolute Gasteiger partial charge is 0.316 e. The monoisotopic (exact) mass is 309 g/mol. The van der Waals surface area contributed by atoms with Crippen molar-refractivity contribution in [3.05, 3.63) is 64.9 Å². The summed E-state index contributed by atoms with van der Waals surface area (Å²) >= 11 is 7.72. The van der Waals surface area contributed by atoms with Crippen molar-refractivity contribution in [2.75, 3.05) is 12.8 Å². The van der Waals surface area contributed by atoms with Crippen LogP contribution in [-0.2, 0) is 6.42 Å². The Morgan fingerprint density at radius 3 is 2.60 bits per heavy atom. The van der Waals surface area contributed by atoms with E-state index in [9.17, 15) is 4.39 Å². The highest BCUT2D eigenvalue weighted by molar-refractivity contribution is 7.99. The fourth-order valence-electron chi connectivity index (χ4n) is 1.92. The molecule has 1 unspecified atom stereocenters. The van der Waals surface area contributed by atoms with Crippen molar-refractivity contribution >= 4 is 23.4 Å². The van der Waals surface area contributed by atoms with Gasteiger partial charge in [0, 0.05) is 21.7 Å². The van der Waals surface area contributed by atoms with Crippen molar-refractivity contribution in [3.8, 4) is 0 Å². The van der Waals surface area contributed by atoms with Crippen molar-refractivity contribution in [1.29, 1.82) is 0 Å². The number of hydrogen-bond donors (Lipinski definition) is 1. The average molecular weight is 310 g/mol. The lowest BCUT2D eigenvalue weighted by molar-refractivity contribution is 0.617. The Balaban J connectivity index is 1.90. The Morgan fingerprint density at radius 1 is 1.20 bits per heavy atom. The summed E-state index contributed by atoms with van der Waals surface area (Å²) in [5.41, 5.74) is 1.22. The van der Waals surface area contributed by atoms with Gasteiger partial charge >= 0.3 is 0 Å². The highest BCUT2D eigenvalue weighted by Crippen LogP contribution is 2.20. The molecular weight excluding hydrogens is 293 g/mol. The highest BCUT2D eigenvalue weighted by atomic mass is 35.5. The molecule has 1 nitrogen and oxygen atoms in total. The smallest absolute Gasteiger partial charge is 0.123 e. The van der Waals surface area contributed by atoms with Crippen LogP contribution in [0.25, 0.3) is 0 Å². The number of thioether (sulfide) groups is 1. The van der Waals surface area contributed by atoms with Crippen LogP contribution < -0.4 is 5.32 Å². The molecule has 106 valence electrons. The summed E-state index contributed by atoms with van der Waals surface area (Å²) in [7, 11) is 1.96. The first-order valence-corrected chi connectivity index (χ1v) is 7.84. The predicted molar refractivity (Wildman–Crippen MR) is 85.1 cm³/mol. The standard InChI is InChI=1S/C16H17ClFNS/c1-19-15(10-12-3-2-4-13(17)9-12)11-20-16-7-5-14(18)6-8-16/h2-9,15,19H,10-11H2,1H3. The predicted octanol–water partition coefficient (Wildman–Crippen LogP) is 4.40. The fraction of sp³-hybridized carbons (Fsp3) is 0.250. The molecule has 0 fully saturated rings. The Kier molecular flexibility index (Phi) is 5.89. The lowest BCUT2D eigenvalue weighted by Gasteiger charge is -2.16. The minimum atomic E-state index is -0.196. The number of hydrogen-bond acceptors (Lipinski definition) is 2. The molecular formula is C16H17ClFNS. The van der Waals surface area contributed by atoms with Gasteiger partial charge in [0.05, 0.1) is 0 Å². The molecule has 0 aliphatic carbocycles. The first-order chi connectivity index (χ1) is 9.67. The first kappa shape index (κ1) is 15.4. The molecule has 20 heavy (non-hydrogen) atoms. The summed E-state index contributed by atoms with van der Waals surface area (Å²) in [6, 6.07) is 14.9. The zero-order chi connectivity index (χ0) is 14.4. The third kappa shape index (κ3) is 4.82. The molecule has 0 aliphatic heterocycles. The van der Waals surface area contributed by atoms with Crippen LogP contribution in [0.5, 0.6) is 0 Å². The Morgan fingerprint density at radius 2 is 1.95 bits per heavy atom. The molecule has 2 rings (SSSR count). The Bertz CT molecular complexity index is 544. The van der Waals surface area contributed by atoms with E-state index in [1.807, 2.05) is 37.4 Å². The van der Waals surface area contributed by atoms with Gasteiger partial charge in [-0.15, -0.1) is 11.8 Å². The minimum Gasteiger partial charge on any atom is -0.316 e. The van der Waals surface area contributed by atoms with Crippen LogP contribution in [0.15, 0.2) is 53.4 Å². The summed E-state index contributed by atoms with van der Waals surface area (Å²) in [6.07, 6.45) is 0.922. The average Bonchev–Trinajstić information content (AvgIpc) is 2.45. The van der Waals surface area contributed by atoms with E-state index in [4.69, 9.17) is 11.6 Å². The second-order valence-corrected chi connectivity index (χ2v) is 6.11. The van der Waals surface area contributed by atoms with E-state index in [1.54, 1.807) is 11.8 Å². The molecule has 0 spiro atoms.